The van der Waals surface area contributed by atoms with E-state index in [1.54, 1.807) is 0 Å². The van der Waals surface area contributed by atoms with Gasteiger partial charge in [-0.1, -0.05) is 54.1 Å². The number of hydrogen-bond donors (Lipinski definition) is 0. The van der Waals surface area contributed by atoms with Crippen molar-refractivity contribution in [3.63, 3.8) is 0 Å². The van der Waals surface area contributed by atoms with Crippen molar-refractivity contribution < 1.29 is 50.7 Å². The van der Waals surface area contributed by atoms with Crippen molar-refractivity contribution in [3.05, 3.63) is 66.7 Å². The quantitative estimate of drug-likeness (QED) is 0.311. The number of benzene rings is 2. The van der Waals surface area contributed by atoms with Crippen LogP contribution in [0.25, 0.3) is 21.9 Å². The minimum atomic E-state index is 0. The summed E-state index contributed by atoms with van der Waals surface area (Å²) in [4.78, 5) is 0. The van der Waals surface area contributed by atoms with Crippen LogP contribution in [0.3, 0.4) is 0 Å². The summed E-state index contributed by atoms with van der Waals surface area (Å²) in [5.41, 5.74) is 2.59. The fourth-order valence-electron chi connectivity index (χ4n) is 1.95. The molecule has 0 aromatic heterocycles. The maximum Gasteiger partial charge on any atom is 0 e. The molecular weight excluding hydrogens is 430 g/mol. The van der Waals surface area contributed by atoms with E-state index in [0.717, 1.165) is 0 Å². The van der Waals surface area contributed by atoms with Gasteiger partial charge in [-0.05, 0) is 0 Å². The molecular formula is C15H11Cl2Hf-3. The predicted molar refractivity (Wildman–Crippen MR) is 65.0 cm³/mol. The standard InChI is InChI=1S/C15H11.2ClH.Hf/c1-2-6-12(7-3-1)15-10-13-8-4-5-9-14(13)11-15;;;/h1-11H;2*1H;/q-1;;;/p-2. The summed E-state index contributed by atoms with van der Waals surface area (Å²) in [6, 6.07) is 23.4. The van der Waals surface area contributed by atoms with E-state index in [-0.39, 0.29) is 50.7 Å². The monoisotopic (exact) mass is 441 g/mol. The van der Waals surface area contributed by atoms with Crippen LogP contribution in [0.2, 0.25) is 0 Å². The van der Waals surface area contributed by atoms with Crippen molar-refractivity contribution in [1.29, 1.82) is 0 Å². The SMILES string of the molecule is [Cl-].[Cl-].[Hf].c1ccc(-c2cc3ccccc3[cH-]2)cc1. The summed E-state index contributed by atoms with van der Waals surface area (Å²) in [6.45, 7) is 0. The number of hydrogen-bond acceptors (Lipinski definition) is 0. The molecule has 3 aromatic rings. The molecule has 0 heterocycles. The van der Waals surface area contributed by atoms with Crippen LogP contribution in [-0.4, -0.2) is 0 Å². The molecule has 0 nitrogen and oxygen atoms in total. The van der Waals surface area contributed by atoms with E-state index in [9.17, 15) is 0 Å². The minimum absolute atomic E-state index is 0. The van der Waals surface area contributed by atoms with Crippen LogP contribution in [0.4, 0.5) is 0 Å². The first-order valence-electron chi connectivity index (χ1n) is 5.14. The van der Waals surface area contributed by atoms with Crippen LogP contribution in [0, 0.1) is 0 Å². The summed E-state index contributed by atoms with van der Waals surface area (Å²) < 4.78 is 0. The molecule has 0 N–H and O–H groups in total. The average molecular weight is 441 g/mol. The van der Waals surface area contributed by atoms with Gasteiger partial charge in [-0.25, -0.2) is 0 Å². The third-order valence-electron chi connectivity index (χ3n) is 2.73. The largest absolute Gasteiger partial charge is 1.00 e. The van der Waals surface area contributed by atoms with Crippen molar-refractivity contribution in [2.45, 2.75) is 0 Å². The molecule has 0 bridgehead atoms. The predicted octanol–water partition coefficient (Wildman–Crippen LogP) is -1.77. The Morgan fingerprint density at radius 2 is 1.33 bits per heavy atom. The zero-order valence-corrected chi connectivity index (χ0v) is 14.7. The molecule has 0 unspecified atom stereocenters. The molecule has 0 aliphatic rings. The maximum absolute atomic E-state index is 2.24. The molecule has 0 radical (unpaired) electrons. The molecule has 0 saturated heterocycles. The van der Waals surface area contributed by atoms with E-state index in [0.29, 0.717) is 0 Å². The summed E-state index contributed by atoms with van der Waals surface area (Å²) in [7, 11) is 0. The molecule has 18 heavy (non-hydrogen) atoms. The zero-order valence-electron chi connectivity index (χ0n) is 9.61. The van der Waals surface area contributed by atoms with Crippen molar-refractivity contribution in [2.24, 2.45) is 0 Å². The van der Waals surface area contributed by atoms with Gasteiger partial charge in [-0.3, -0.25) is 0 Å². The fraction of sp³-hybridized carbons (Fsp3) is 0. The van der Waals surface area contributed by atoms with Crippen LogP contribution in [0.5, 0.6) is 0 Å². The zero-order chi connectivity index (χ0) is 10.1. The Bertz CT molecular complexity index is 555. The maximum atomic E-state index is 2.24. The molecule has 0 aliphatic carbocycles. The molecule has 0 amide bonds. The van der Waals surface area contributed by atoms with Crippen molar-refractivity contribution in [1.82, 2.24) is 0 Å². The second-order valence-corrected chi connectivity index (χ2v) is 3.74. The van der Waals surface area contributed by atoms with Gasteiger partial charge < -0.3 is 24.8 Å². The van der Waals surface area contributed by atoms with Gasteiger partial charge in [0, 0.05) is 25.8 Å². The number of rotatable bonds is 1. The van der Waals surface area contributed by atoms with E-state index in [4.69, 9.17) is 0 Å². The van der Waals surface area contributed by atoms with Gasteiger partial charge in [0.15, 0.2) is 0 Å². The normalized spacial score (nSPS) is 8.89. The van der Waals surface area contributed by atoms with Crippen LogP contribution in [0.1, 0.15) is 0 Å². The van der Waals surface area contributed by atoms with E-state index in [1.807, 2.05) is 6.07 Å². The van der Waals surface area contributed by atoms with E-state index < -0.39 is 0 Å². The number of fused-ring (bicyclic) bond motifs is 1. The topological polar surface area (TPSA) is 0 Å². The smallest absolute Gasteiger partial charge is 0 e. The molecule has 0 spiro atoms. The molecule has 0 saturated carbocycles. The van der Waals surface area contributed by atoms with E-state index in [2.05, 4.69) is 60.7 Å². The van der Waals surface area contributed by atoms with Crippen molar-refractivity contribution in [3.8, 4) is 11.1 Å². The van der Waals surface area contributed by atoms with Gasteiger partial charge in [0.2, 0.25) is 0 Å². The Kier molecular flexibility index (Phi) is 7.61. The summed E-state index contributed by atoms with van der Waals surface area (Å²) >= 11 is 0. The second-order valence-electron chi connectivity index (χ2n) is 3.74. The first-order valence-corrected chi connectivity index (χ1v) is 5.14. The summed E-state index contributed by atoms with van der Waals surface area (Å²) in [6.07, 6.45) is 0. The van der Waals surface area contributed by atoms with E-state index >= 15 is 0 Å². The van der Waals surface area contributed by atoms with Crippen LogP contribution in [0.15, 0.2) is 66.7 Å². The van der Waals surface area contributed by atoms with E-state index in [1.165, 1.54) is 21.9 Å². The Morgan fingerprint density at radius 1 is 0.722 bits per heavy atom. The Balaban J connectivity index is 0.000000963. The first-order chi connectivity index (χ1) is 7.43. The minimum Gasteiger partial charge on any atom is -1.00 e. The van der Waals surface area contributed by atoms with Crippen LogP contribution < -0.4 is 24.8 Å². The summed E-state index contributed by atoms with van der Waals surface area (Å²) in [5, 5.41) is 2.63. The van der Waals surface area contributed by atoms with Gasteiger partial charge in [0.05, 0.1) is 0 Å². The van der Waals surface area contributed by atoms with Gasteiger partial charge in [0.25, 0.3) is 0 Å². The average Bonchev–Trinajstić information content (AvgIpc) is 2.74. The second kappa shape index (κ2) is 7.83. The molecule has 0 aliphatic heterocycles. The molecule has 92 valence electrons. The Morgan fingerprint density at radius 3 is 2.00 bits per heavy atom. The summed E-state index contributed by atoms with van der Waals surface area (Å²) in [5.74, 6) is 0. The van der Waals surface area contributed by atoms with Crippen LogP contribution >= 0.6 is 0 Å². The fourth-order valence-corrected chi connectivity index (χ4v) is 1.95. The molecule has 0 atom stereocenters. The number of halogens is 2. The molecule has 0 fully saturated rings. The van der Waals surface area contributed by atoms with Crippen molar-refractivity contribution in [2.75, 3.05) is 0 Å². The van der Waals surface area contributed by atoms with Crippen LogP contribution in [-0.2, 0) is 25.8 Å². The Hall–Kier alpha value is -0.500. The Labute approximate surface area is 138 Å². The molecule has 3 aromatic carbocycles. The van der Waals surface area contributed by atoms with Gasteiger partial charge in [-0.15, -0.1) is 34.5 Å². The third kappa shape index (κ3) is 3.50. The van der Waals surface area contributed by atoms with Gasteiger partial charge in [0.1, 0.15) is 0 Å². The third-order valence-corrected chi connectivity index (χ3v) is 2.73. The van der Waals surface area contributed by atoms with Gasteiger partial charge >= 0.3 is 0 Å². The molecule has 3 heteroatoms. The first kappa shape index (κ1) is 17.5. The molecule has 3 rings (SSSR count). The van der Waals surface area contributed by atoms with Gasteiger partial charge in [-0.2, -0.15) is 0 Å². The van der Waals surface area contributed by atoms with Crippen molar-refractivity contribution >= 4 is 10.8 Å².